The number of nitrogen functional groups attached to an aromatic ring is 1. The average Bonchev–Trinajstić information content (AvgIpc) is 3.16. The first-order valence-electron chi connectivity index (χ1n) is 9.12. The lowest BCUT2D eigenvalue weighted by Gasteiger charge is -2.33. The molecule has 4 rings (SSSR count). The molecule has 11 heteroatoms. The third-order valence-electron chi connectivity index (χ3n) is 4.58. The highest BCUT2D eigenvalue weighted by atomic mass is 32.1. The molecule has 0 radical (unpaired) electrons. The molecule has 152 valence electrons. The molecule has 1 fully saturated rings. The van der Waals surface area contributed by atoms with Crippen molar-refractivity contribution in [3.8, 4) is 0 Å². The van der Waals surface area contributed by atoms with Crippen molar-refractivity contribution in [2.45, 2.75) is 0 Å². The lowest BCUT2D eigenvalue weighted by atomic mass is 10.2. The van der Waals surface area contributed by atoms with E-state index in [-0.39, 0.29) is 5.95 Å². The Morgan fingerprint density at radius 1 is 1.17 bits per heavy atom. The molecule has 1 aromatic carbocycles. The molecule has 3 aromatic rings. The summed E-state index contributed by atoms with van der Waals surface area (Å²) in [6.07, 6.45) is -0.510. The lowest BCUT2D eigenvalue weighted by molar-refractivity contribution is -0.0966. The van der Waals surface area contributed by atoms with Crippen molar-refractivity contribution in [2.75, 3.05) is 61.1 Å². The third kappa shape index (κ3) is 4.30. The minimum absolute atomic E-state index is 0.232. The van der Waals surface area contributed by atoms with Crippen LogP contribution in [0.5, 0.6) is 0 Å². The average molecular weight is 414 g/mol. The van der Waals surface area contributed by atoms with Gasteiger partial charge in [-0.05, 0) is 24.3 Å². The normalized spacial score (nSPS) is 14.8. The quantitative estimate of drug-likeness (QED) is 0.662. The zero-order chi connectivity index (χ0) is 20.4. The van der Waals surface area contributed by atoms with Crippen LogP contribution in [-0.4, -0.2) is 66.4 Å². The first-order chi connectivity index (χ1) is 14.0. The summed E-state index contributed by atoms with van der Waals surface area (Å²) >= 11 is 1.43. The zero-order valence-corrected chi connectivity index (χ0v) is 17.0. The van der Waals surface area contributed by atoms with E-state index in [9.17, 15) is 4.79 Å². The van der Waals surface area contributed by atoms with Crippen LogP contribution in [0.25, 0.3) is 10.3 Å². The van der Waals surface area contributed by atoms with Gasteiger partial charge in [0, 0.05) is 38.6 Å². The monoisotopic (exact) mass is 414 g/mol. The summed E-state index contributed by atoms with van der Waals surface area (Å²) in [5.41, 5.74) is 10.0. The fourth-order valence-electron chi connectivity index (χ4n) is 3.08. The number of hydrogen-bond donors (Lipinski definition) is 2. The van der Waals surface area contributed by atoms with Gasteiger partial charge >= 0.3 is 6.09 Å². The number of piperazine rings is 1. The number of rotatable bonds is 4. The fourth-order valence-corrected chi connectivity index (χ4v) is 3.74. The van der Waals surface area contributed by atoms with E-state index in [0.717, 1.165) is 21.9 Å². The van der Waals surface area contributed by atoms with Crippen molar-refractivity contribution < 1.29 is 9.63 Å². The number of benzene rings is 1. The molecule has 10 nitrogen and oxygen atoms in total. The molecular formula is C18H22N8O2S. The van der Waals surface area contributed by atoms with Gasteiger partial charge in [-0.3, -0.25) is 5.32 Å². The van der Waals surface area contributed by atoms with Gasteiger partial charge in [0.1, 0.15) is 5.52 Å². The third-order valence-corrected chi connectivity index (χ3v) is 5.30. The van der Waals surface area contributed by atoms with Crippen molar-refractivity contribution >= 4 is 50.9 Å². The number of nitrogens with two attached hydrogens (primary N) is 1. The Kier molecular flexibility index (Phi) is 5.32. The molecular weight excluding hydrogens is 392 g/mol. The highest BCUT2D eigenvalue weighted by Crippen LogP contribution is 2.26. The summed E-state index contributed by atoms with van der Waals surface area (Å²) in [5.74, 6) is 0.953. The maximum atomic E-state index is 12.2. The predicted octanol–water partition coefficient (Wildman–Crippen LogP) is 2.02. The smallest absolute Gasteiger partial charge is 0.378 e. The second kappa shape index (κ2) is 8.05. The van der Waals surface area contributed by atoms with Crippen LogP contribution in [-0.2, 0) is 4.84 Å². The number of thiazole rings is 1. The molecule has 3 N–H and O–H groups in total. The minimum Gasteiger partial charge on any atom is -0.378 e. The Morgan fingerprint density at radius 2 is 1.90 bits per heavy atom. The van der Waals surface area contributed by atoms with E-state index in [1.165, 1.54) is 11.3 Å². The van der Waals surface area contributed by atoms with Gasteiger partial charge in [0.15, 0.2) is 10.6 Å². The van der Waals surface area contributed by atoms with Crippen LogP contribution >= 0.6 is 11.3 Å². The Hall–Kier alpha value is -3.18. The van der Waals surface area contributed by atoms with E-state index in [4.69, 9.17) is 10.6 Å². The zero-order valence-electron chi connectivity index (χ0n) is 16.2. The first kappa shape index (κ1) is 19.2. The summed E-state index contributed by atoms with van der Waals surface area (Å²) < 4.78 is 0. The van der Waals surface area contributed by atoms with E-state index in [2.05, 4.69) is 25.2 Å². The van der Waals surface area contributed by atoms with Gasteiger partial charge in [-0.25, -0.2) is 14.8 Å². The number of aromatic nitrogens is 3. The maximum absolute atomic E-state index is 12.2. The van der Waals surface area contributed by atoms with E-state index in [1.807, 2.05) is 43.3 Å². The van der Waals surface area contributed by atoms with Crippen LogP contribution in [0.2, 0.25) is 0 Å². The predicted molar refractivity (Wildman–Crippen MR) is 114 cm³/mol. The number of nitrogens with zero attached hydrogens (tertiary/aromatic N) is 6. The molecule has 0 spiro atoms. The topological polar surface area (TPSA) is 113 Å². The van der Waals surface area contributed by atoms with Crippen LogP contribution in [0.4, 0.5) is 27.9 Å². The van der Waals surface area contributed by atoms with Crippen molar-refractivity contribution in [2.24, 2.45) is 0 Å². The van der Waals surface area contributed by atoms with Gasteiger partial charge in [-0.15, -0.1) is 16.4 Å². The first-order valence-corrected chi connectivity index (χ1v) is 10.0. The number of hydrogen-bond acceptors (Lipinski definition) is 10. The molecule has 1 aliphatic rings. The van der Waals surface area contributed by atoms with E-state index >= 15 is 0 Å². The molecule has 1 saturated heterocycles. The van der Waals surface area contributed by atoms with Gasteiger partial charge in [-0.1, -0.05) is 0 Å². The van der Waals surface area contributed by atoms with Crippen molar-refractivity contribution in [1.29, 1.82) is 0 Å². The molecule has 0 unspecified atom stereocenters. The van der Waals surface area contributed by atoms with Crippen molar-refractivity contribution in [3.63, 3.8) is 0 Å². The van der Waals surface area contributed by atoms with Crippen LogP contribution in [0.15, 0.2) is 29.8 Å². The summed E-state index contributed by atoms with van der Waals surface area (Å²) in [6.45, 7) is 2.35. The molecule has 3 heterocycles. The molecule has 0 aliphatic carbocycles. The van der Waals surface area contributed by atoms with Crippen LogP contribution in [0.1, 0.15) is 0 Å². The number of anilines is 4. The second-order valence-corrected chi connectivity index (χ2v) is 7.61. The van der Waals surface area contributed by atoms with Gasteiger partial charge in [0.25, 0.3) is 0 Å². The van der Waals surface area contributed by atoms with E-state index in [1.54, 1.807) is 10.6 Å². The maximum Gasteiger partial charge on any atom is 0.430 e. The van der Waals surface area contributed by atoms with Gasteiger partial charge in [-0.2, -0.15) is 4.98 Å². The van der Waals surface area contributed by atoms with E-state index < -0.39 is 6.09 Å². The lowest BCUT2D eigenvalue weighted by Crippen LogP contribution is -2.47. The van der Waals surface area contributed by atoms with Crippen molar-refractivity contribution in [3.05, 3.63) is 29.8 Å². The number of carbonyl (C=O) groups excluding carboxylic acids is 1. The van der Waals surface area contributed by atoms with Crippen molar-refractivity contribution in [1.82, 2.24) is 20.0 Å². The van der Waals surface area contributed by atoms with Crippen LogP contribution in [0, 0.1) is 0 Å². The Labute approximate surface area is 171 Å². The minimum atomic E-state index is -0.510. The van der Waals surface area contributed by atoms with Crippen LogP contribution in [0.3, 0.4) is 0 Å². The summed E-state index contributed by atoms with van der Waals surface area (Å²) in [4.78, 5) is 35.4. The molecule has 2 aromatic heterocycles. The molecule has 0 bridgehead atoms. The van der Waals surface area contributed by atoms with Gasteiger partial charge in [0.05, 0.1) is 18.6 Å². The Bertz CT molecular complexity index is 999. The second-order valence-electron chi connectivity index (χ2n) is 6.77. The Balaban J connectivity index is 1.32. The molecule has 1 amide bonds. The summed E-state index contributed by atoms with van der Waals surface area (Å²) in [5, 5.41) is 4.39. The molecule has 0 saturated carbocycles. The van der Waals surface area contributed by atoms with E-state index in [0.29, 0.717) is 31.9 Å². The van der Waals surface area contributed by atoms with Gasteiger partial charge < -0.3 is 20.4 Å². The number of nitrogens with one attached hydrogen (secondary N) is 1. The number of carbonyl (C=O) groups is 1. The Morgan fingerprint density at radius 3 is 2.59 bits per heavy atom. The fraction of sp³-hybridized carbons (Fsp3) is 0.333. The highest BCUT2D eigenvalue weighted by molar-refractivity contribution is 7.16. The number of amides is 1. The SMILES string of the molecule is CN(C)c1ccc(NC(=O)ON2CCN(c3nc(N)nc4scnc34)CC2)cc1. The highest BCUT2D eigenvalue weighted by Gasteiger charge is 2.24. The molecule has 0 atom stereocenters. The van der Waals surface area contributed by atoms with Crippen LogP contribution < -0.4 is 20.9 Å². The standard InChI is InChI=1S/C18H22N8O2S/c1-24(2)13-5-3-12(4-6-13)21-18(27)28-26-9-7-25(8-10-26)15-14-16(29-11-20-14)23-17(19)22-15/h3-6,11H,7-10H2,1-2H3,(H,21,27)(H2,19,22,23). The number of fused-ring (bicyclic) bond motifs is 1. The van der Waals surface area contributed by atoms with Gasteiger partial charge in [0.2, 0.25) is 5.95 Å². The molecule has 29 heavy (non-hydrogen) atoms. The number of hydroxylamine groups is 2. The largest absolute Gasteiger partial charge is 0.430 e. The summed E-state index contributed by atoms with van der Waals surface area (Å²) in [6, 6.07) is 7.54. The molecule has 1 aliphatic heterocycles. The summed E-state index contributed by atoms with van der Waals surface area (Å²) in [7, 11) is 3.93.